The maximum absolute atomic E-state index is 11.6. The van der Waals surface area contributed by atoms with Gasteiger partial charge < -0.3 is 9.47 Å². The fraction of sp³-hybridized carbons (Fsp3) is 0.909. The van der Waals surface area contributed by atoms with Gasteiger partial charge in [0.2, 0.25) is 0 Å². The van der Waals surface area contributed by atoms with Crippen molar-refractivity contribution >= 4 is 11.9 Å². The zero-order chi connectivity index (χ0) is 19.3. The molecule has 4 heteroatoms. The molecule has 0 aliphatic heterocycles. The van der Waals surface area contributed by atoms with E-state index in [1.807, 2.05) is 0 Å². The molecule has 0 spiro atoms. The minimum absolute atomic E-state index is 0.179. The van der Waals surface area contributed by atoms with E-state index in [-0.39, 0.29) is 25.2 Å². The summed E-state index contributed by atoms with van der Waals surface area (Å²) >= 11 is 0. The standard InChI is InChI=1S/C22H42O4/c1-3-5-7-9-11-13-15-17-21(23)25-19-20-26-22(24)18-16-14-12-10-8-6-4-2/h3-20H2,1-2H3. The summed E-state index contributed by atoms with van der Waals surface area (Å²) in [5.74, 6) is -0.358. The number of rotatable bonds is 19. The molecule has 0 unspecified atom stereocenters. The van der Waals surface area contributed by atoms with Crippen molar-refractivity contribution in [3.63, 3.8) is 0 Å². The number of esters is 2. The van der Waals surface area contributed by atoms with Crippen LogP contribution in [0, 0.1) is 0 Å². The second-order valence-electron chi connectivity index (χ2n) is 7.18. The van der Waals surface area contributed by atoms with Crippen LogP contribution in [0.1, 0.15) is 117 Å². The molecule has 0 N–H and O–H groups in total. The van der Waals surface area contributed by atoms with Crippen molar-refractivity contribution < 1.29 is 19.1 Å². The molecule has 0 aliphatic carbocycles. The highest BCUT2D eigenvalue weighted by Crippen LogP contribution is 2.10. The third-order valence-electron chi connectivity index (χ3n) is 4.58. The summed E-state index contributed by atoms with van der Waals surface area (Å²) in [4.78, 5) is 23.2. The largest absolute Gasteiger partial charge is 0.462 e. The summed E-state index contributed by atoms with van der Waals surface area (Å²) in [6, 6.07) is 0. The normalized spacial score (nSPS) is 10.7. The number of unbranched alkanes of at least 4 members (excludes halogenated alkanes) is 12. The number of carbonyl (C=O) groups is 2. The molecule has 0 saturated heterocycles. The molecule has 0 aromatic heterocycles. The van der Waals surface area contributed by atoms with Gasteiger partial charge in [-0.2, -0.15) is 0 Å². The molecule has 0 amide bonds. The molecule has 0 rings (SSSR count). The van der Waals surface area contributed by atoms with Crippen LogP contribution < -0.4 is 0 Å². The Labute approximate surface area is 161 Å². The van der Waals surface area contributed by atoms with Crippen LogP contribution in [0.25, 0.3) is 0 Å². The van der Waals surface area contributed by atoms with Crippen LogP contribution in [0.5, 0.6) is 0 Å². The highest BCUT2D eigenvalue weighted by molar-refractivity contribution is 5.70. The molecular weight excluding hydrogens is 328 g/mol. The molecule has 0 aliphatic rings. The van der Waals surface area contributed by atoms with Gasteiger partial charge >= 0.3 is 11.9 Å². The Morgan fingerprint density at radius 1 is 0.500 bits per heavy atom. The first kappa shape index (κ1) is 24.9. The molecule has 0 saturated carbocycles. The van der Waals surface area contributed by atoms with Gasteiger partial charge in [-0.15, -0.1) is 0 Å². The van der Waals surface area contributed by atoms with Crippen LogP contribution in [0.4, 0.5) is 0 Å². The van der Waals surface area contributed by atoms with Gasteiger partial charge in [0.15, 0.2) is 0 Å². The lowest BCUT2D eigenvalue weighted by molar-refractivity contribution is -0.152. The van der Waals surface area contributed by atoms with Gasteiger partial charge in [-0.25, -0.2) is 0 Å². The molecule has 0 heterocycles. The van der Waals surface area contributed by atoms with Crippen LogP contribution >= 0.6 is 0 Å². The minimum Gasteiger partial charge on any atom is -0.462 e. The molecule has 26 heavy (non-hydrogen) atoms. The van der Waals surface area contributed by atoms with E-state index in [0.29, 0.717) is 12.8 Å². The van der Waals surface area contributed by atoms with E-state index >= 15 is 0 Å². The molecule has 0 radical (unpaired) electrons. The van der Waals surface area contributed by atoms with Gasteiger partial charge in [0, 0.05) is 12.8 Å². The summed E-state index contributed by atoms with van der Waals surface area (Å²) in [6.45, 7) is 4.78. The zero-order valence-electron chi connectivity index (χ0n) is 17.4. The van der Waals surface area contributed by atoms with Crippen LogP contribution in [-0.2, 0) is 19.1 Å². The highest BCUT2D eigenvalue weighted by Gasteiger charge is 2.05. The molecule has 154 valence electrons. The van der Waals surface area contributed by atoms with Gasteiger partial charge in [-0.05, 0) is 12.8 Å². The fourth-order valence-electron chi connectivity index (χ4n) is 2.91. The molecule has 4 nitrogen and oxygen atoms in total. The maximum Gasteiger partial charge on any atom is 0.305 e. The smallest absolute Gasteiger partial charge is 0.305 e. The lowest BCUT2D eigenvalue weighted by Gasteiger charge is -2.07. The van der Waals surface area contributed by atoms with Crippen molar-refractivity contribution in [2.24, 2.45) is 0 Å². The average Bonchev–Trinajstić information content (AvgIpc) is 2.64. The predicted molar refractivity (Wildman–Crippen MR) is 107 cm³/mol. The second-order valence-corrected chi connectivity index (χ2v) is 7.18. The zero-order valence-corrected chi connectivity index (χ0v) is 17.4. The second kappa shape index (κ2) is 20.3. The molecule has 0 atom stereocenters. The third kappa shape index (κ3) is 19.3. The first-order valence-electron chi connectivity index (χ1n) is 11.0. The Balaban J connectivity index is 3.31. The van der Waals surface area contributed by atoms with E-state index in [1.54, 1.807) is 0 Å². The average molecular weight is 371 g/mol. The first-order valence-corrected chi connectivity index (χ1v) is 11.0. The number of hydrogen-bond acceptors (Lipinski definition) is 4. The molecule has 0 fully saturated rings. The van der Waals surface area contributed by atoms with Crippen molar-refractivity contribution in [1.29, 1.82) is 0 Å². The van der Waals surface area contributed by atoms with Gasteiger partial charge in [0.1, 0.15) is 13.2 Å². The number of ether oxygens (including phenoxy) is 2. The molecule has 0 aromatic carbocycles. The maximum atomic E-state index is 11.6. The summed E-state index contributed by atoms with van der Waals surface area (Å²) < 4.78 is 10.2. The van der Waals surface area contributed by atoms with Gasteiger partial charge in [-0.1, -0.05) is 90.9 Å². The first-order chi connectivity index (χ1) is 12.7. The number of carbonyl (C=O) groups excluding carboxylic acids is 2. The van der Waals surface area contributed by atoms with Crippen LogP contribution in [0.3, 0.4) is 0 Å². The van der Waals surface area contributed by atoms with Crippen molar-refractivity contribution in [2.75, 3.05) is 13.2 Å². The van der Waals surface area contributed by atoms with E-state index < -0.39 is 0 Å². The Morgan fingerprint density at radius 2 is 0.808 bits per heavy atom. The van der Waals surface area contributed by atoms with Crippen molar-refractivity contribution in [2.45, 2.75) is 117 Å². The van der Waals surface area contributed by atoms with E-state index in [2.05, 4.69) is 13.8 Å². The van der Waals surface area contributed by atoms with Crippen molar-refractivity contribution in [3.05, 3.63) is 0 Å². The van der Waals surface area contributed by atoms with Crippen molar-refractivity contribution in [1.82, 2.24) is 0 Å². The summed E-state index contributed by atoms with van der Waals surface area (Å²) in [5.41, 5.74) is 0. The lowest BCUT2D eigenvalue weighted by atomic mass is 10.1. The monoisotopic (exact) mass is 370 g/mol. The van der Waals surface area contributed by atoms with E-state index in [0.717, 1.165) is 25.7 Å². The Morgan fingerprint density at radius 3 is 1.15 bits per heavy atom. The minimum atomic E-state index is -0.179. The quantitative estimate of drug-likeness (QED) is 0.196. The summed E-state index contributed by atoms with van der Waals surface area (Å²) in [6.07, 6.45) is 17.5. The van der Waals surface area contributed by atoms with Crippen LogP contribution in [0.2, 0.25) is 0 Å². The third-order valence-corrected chi connectivity index (χ3v) is 4.58. The summed E-state index contributed by atoms with van der Waals surface area (Å²) in [7, 11) is 0. The van der Waals surface area contributed by atoms with Crippen LogP contribution in [-0.4, -0.2) is 25.2 Å². The van der Waals surface area contributed by atoms with E-state index in [4.69, 9.17) is 9.47 Å². The van der Waals surface area contributed by atoms with Gasteiger partial charge in [0.25, 0.3) is 0 Å². The lowest BCUT2D eigenvalue weighted by Crippen LogP contribution is -2.13. The Hall–Kier alpha value is -1.06. The van der Waals surface area contributed by atoms with Gasteiger partial charge in [-0.3, -0.25) is 9.59 Å². The highest BCUT2D eigenvalue weighted by atomic mass is 16.6. The van der Waals surface area contributed by atoms with Crippen molar-refractivity contribution in [3.8, 4) is 0 Å². The number of hydrogen-bond donors (Lipinski definition) is 0. The fourth-order valence-corrected chi connectivity index (χ4v) is 2.91. The SMILES string of the molecule is CCCCCCCCCC(=O)OCCOC(=O)CCCCCCCCC. The van der Waals surface area contributed by atoms with E-state index in [9.17, 15) is 9.59 Å². The predicted octanol–water partition coefficient (Wildman–Crippen LogP) is 6.35. The van der Waals surface area contributed by atoms with Gasteiger partial charge in [0.05, 0.1) is 0 Å². The topological polar surface area (TPSA) is 52.6 Å². The van der Waals surface area contributed by atoms with E-state index in [1.165, 1.54) is 64.2 Å². The Bertz CT molecular complexity index is 296. The summed E-state index contributed by atoms with van der Waals surface area (Å²) in [5, 5.41) is 0. The molecule has 0 bridgehead atoms. The Kier molecular flexibility index (Phi) is 19.4. The molecule has 0 aromatic rings. The molecular formula is C22H42O4. The van der Waals surface area contributed by atoms with Crippen LogP contribution in [0.15, 0.2) is 0 Å².